The Bertz CT molecular complexity index is 325. The molecule has 0 bridgehead atoms. The van der Waals surface area contributed by atoms with Crippen molar-refractivity contribution in [1.82, 2.24) is 10.2 Å². The van der Waals surface area contributed by atoms with Crippen molar-refractivity contribution < 1.29 is 14.7 Å². The molecule has 0 saturated carbocycles. The lowest BCUT2D eigenvalue weighted by Crippen LogP contribution is -2.57. The van der Waals surface area contributed by atoms with E-state index in [4.69, 9.17) is 0 Å². The molecule has 5 heteroatoms. The molecule has 110 valence electrons. The minimum absolute atomic E-state index is 0.243. The standard InChI is InChI=1S/C14H26N2O3/c1-4-8-14(3,12(17)18)15-13(19)16-9-6-11(5-2)7-10-16/h11H,4-10H2,1-3H3,(H,15,19)(H,17,18). The fourth-order valence-corrected chi connectivity index (χ4v) is 2.58. The van der Waals surface area contributed by atoms with Crippen molar-refractivity contribution in [2.75, 3.05) is 13.1 Å². The highest BCUT2D eigenvalue weighted by Gasteiger charge is 2.35. The lowest BCUT2D eigenvalue weighted by atomic mass is 9.94. The number of rotatable bonds is 5. The van der Waals surface area contributed by atoms with Gasteiger partial charge in [-0.3, -0.25) is 0 Å². The van der Waals surface area contributed by atoms with E-state index in [0.29, 0.717) is 12.3 Å². The van der Waals surface area contributed by atoms with E-state index < -0.39 is 11.5 Å². The van der Waals surface area contributed by atoms with E-state index in [-0.39, 0.29) is 6.03 Å². The van der Waals surface area contributed by atoms with Crippen molar-refractivity contribution in [3.05, 3.63) is 0 Å². The molecule has 1 rings (SSSR count). The smallest absolute Gasteiger partial charge is 0.329 e. The van der Waals surface area contributed by atoms with Crippen molar-refractivity contribution in [2.24, 2.45) is 5.92 Å². The van der Waals surface area contributed by atoms with Crippen molar-refractivity contribution in [3.63, 3.8) is 0 Å². The zero-order chi connectivity index (χ0) is 14.5. The van der Waals surface area contributed by atoms with Crippen LogP contribution in [0.2, 0.25) is 0 Å². The van der Waals surface area contributed by atoms with E-state index in [1.807, 2.05) is 6.92 Å². The van der Waals surface area contributed by atoms with E-state index in [2.05, 4.69) is 12.2 Å². The van der Waals surface area contributed by atoms with Gasteiger partial charge in [0.1, 0.15) is 5.54 Å². The molecule has 0 aromatic heterocycles. The number of carboxylic acids is 1. The van der Waals surface area contributed by atoms with Crippen LogP contribution in [0.5, 0.6) is 0 Å². The molecule has 19 heavy (non-hydrogen) atoms. The first-order valence-corrected chi connectivity index (χ1v) is 7.23. The predicted molar refractivity (Wildman–Crippen MR) is 74.1 cm³/mol. The van der Waals surface area contributed by atoms with E-state index in [1.54, 1.807) is 11.8 Å². The Morgan fingerprint density at radius 3 is 2.32 bits per heavy atom. The van der Waals surface area contributed by atoms with E-state index >= 15 is 0 Å². The SMILES string of the molecule is CCCC(C)(NC(=O)N1CCC(CC)CC1)C(=O)O. The summed E-state index contributed by atoms with van der Waals surface area (Å²) in [5.41, 5.74) is -1.16. The maximum Gasteiger partial charge on any atom is 0.329 e. The molecule has 1 atom stereocenters. The van der Waals surface area contributed by atoms with Gasteiger partial charge in [-0.25, -0.2) is 9.59 Å². The molecule has 0 aliphatic carbocycles. The van der Waals surface area contributed by atoms with Crippen LogP contribution < -0.4 is 5.32 Å². The highest BCUT2D eigenvalue weighted by atomic mass is 16.4. The number of nitrogens with zero attached hydrogens (tertiary/aromatic N) is 1. The molecule has 1 heterocycles. The zero-order valence-corrected chi connectivity index (χ0v) is 12.2. The average molecular weight is 270 g/mol. The molecular formula is C14H26N2O3. The summed E-state index contributed by atoms with van der Waals surface area (Å²) in [5, 5.41) is 11.9. The molecule has 1 unspecified atom stereocenters. The average Bonchev–Trinajstić information content (AvgIpc) is 2.38. The maximum atomic E-state index is 12.1. The lowest BCUT2D eigenvalue weighted by Gasteiger charge is -2.34. The van der Waals surface area contributed by atoms with Gasteiger partial charge in [0.15, 0.2) is 0 Å². The summed E-state index contributed by atoms with van der Waals surface area (Å²) in [7, 11) is 0. The minimum atomic E-state index is -1.16. The van der Waals surface area contributed by atoms with Crippen LogP contribution >= 0.6 is 0 Å². The summed E-state index contributed by atoms with van der Waals surface area (Å²) in [6.07, 6.45) is 4.35. The molecule has 2 N–H and O–H groups in total. The Kier molecular flexibility index (Phi) is 5.63. The Morgan fingerprint density at radius 2 is 1.89 bits per heavy atom. The van der Waals surface area contributed by atoms with Crippen LogP contribution in [0.15, 0.2) is 0 Å². The number of carbonyl (C=O) groups is 2. The number of aliphatic carboxylic acids is 1. The molecule has 1 aliphatic rings. The Balaban J connectivity index is 2.56. The maximum absolute atomic E-state index is 12.1. The molecule has 2 amide bonds. The van der Waals surface area contributed by atoms with Crippen LogP contribution in [0.25, 0.3) is 0 Å². The fraction of sp³-hybridized carbons (Fsp3) is 0.857. The van der Waals surface area contributed by atoms with E-state index in [1.165, 1.54) is 0 Å². The van der Waals surface area contributed by atoms with Crippen molar-refractivity contribution in [2.45, 2.75) is 58.4 Å². The normalized spacial score (nSPS) is 19.8. The van der Waals surface area contributed by atoms with Crippen LogP contribution in [0.3, 0.4) is 0 Å². The number of likely N-dealkylation sites (tertiary alicyclic amines) is 1. The van der Waals surface area contributed by atoms with Crippen LogP contribution in [0.4, 0.5) is 4.79 Å². The van der Waals surface area contributed by atoms with Gasteiger partial charge in [0.25, 0.3) is 0 Å². The summed E-state index contributed by atoms with van der Waals surface area (Å²) in [6, 6.07) is -0.243. The number of hydrogen-bond acceptors (Lipinski definition) is 2. The van der Waals surface area contributed by atoms with Gasteiger partial charge in [0, 0.05) is 13.1 Å². The number of amides is 2. The number of carbonyl (C=O) groups excluding carboxylic acids is 1. The van der Waals surface area contributed by atoms with Gasteiger partial charge in [-0.15, -0.1) is 0 Å². The molecule has 1 fully saturated rings. The third-order valence-corrected chi connectivity index (χ3v) is 4.08. The van der Waals surface area contributed by atoms with Crippen molar-refractivity contribution in [3.8, 4) is 0 Å². The summed E-state index contributed by atoms with van der Waals surface area (Å²) >= 11 is 0. The van der Waals surface area contributed by atoms with Crippen LogP contribution in [-0.2, 0) is 4.79 Å². The second kappa shape index (κ2) is 6.78. The summed E-state index contributed by atoms with van der Waals surface area (Å²) in [5.74, 6) is -0.267. The first-order chi connectivity index (χ1) is 8.92. The first-order valence-electron chi connectivity index (χ1n) is 7.23. The minimum Gasteiger partial charge on any atom is -0.480 e. The van der Waals surface area contributed by atoms with Gasteiger partial charge in [-0.1, -0.05) is 26.7 Å². The number of carboxylic acid groups (broad SMARTS) is 1. The summed E-state index contributed by atoms with van der Waals surface area (Å²) in [4.78, 5) is 25.2. The van der Waals surface area contributed by atoms with Gasteiger partial charge < -0.3 is 15.3 Å². The number of piperidine rings is 1. The van der Waals surface area contributed by atoms with Gasteiger partial charge in [0.05, 0.1) is 0 Å². The van der Waals surface area contributed by atoms with E-state index in [0.717, 1.165) is 38.8 Å². The predicted octanol–water partition coefficient (Wildman–Crippen LogP) is 2.46. The number of urea groups is 1. The van der Waals surface area contributed by atoms with Crippen LogP contribution in [0, 0.1) is 5.92 Å². The van der Waals surface area contributed by atoms with Crippen molar-refractivity contribution in [1.29, 1.82) is 0 Å². The third kappa shape index (κ3) is 4.11. The quantitative estimate of drug-likeness (QED) is 0.806. The summed E-state index contributed by atoms with van der Waals surface area (Å²) in [6.45, 7) is 7.12. The largest absolute Gasteiger partial charge is 0.480 e. The zero-order valence-electron chi connectivity index (χ0n) is 12.2. The van der Waals surface area contributed by atoms with Crippen LogP contribution in [0.1, 0.15) is 52.9 Å². The molecule has 5 nitrogen and oxygen atoms in total. The number of nitrogens with one attached hydrogen (secondary N) is 1. The number of hydrogen-bond donors (Lipinski definition) is 2. The summed E-state index contributed by atoms with van der Waals surface area (Å²) < 4.78 is 0. The van der Waals surface area contributed by atoms with Crippen LogP contribution in [-0.4, -0.2) is 40.6 Å². The molecule has 1 aliphatic heterocycles. The molecule has 0 aromatic carbocycles. The fourth-order valence-electron chi connectivity index (χ4n) is 2.58. The molecule has 0 aromatic rings. The monoisotopic (exact) mass is 270 g/mol. The van der Waals surface area contributed by atoms with Gasteiger partial charge >= 0.3 is 12.0 Å². The molecule has 1 saturated heterocycles. The lowest BCUT2D eigenvalue weighted by molar-refractivity contribution is -0.144. The molecule has 0 radical (unpaired) electrons. The second-order valence-corrected chi connectivity index (χ2v) is 5.66. The third-order valence-electron chi connectivity index (χ3n) is 4.08. The highest BCUT2D eigenvalue weighted by Crippen LogP contribution is 2.21. The molecular weight excluding hydrogens is 244 g/mol. The van der Waals surface area contributed by atoms with E-state index in [9.17, 15) is 14.7 Å². The van der Waals surface area contributed by atoms with Crippen molar-refractivity contribution >= 4 is 12.0 Å². The first kappa shape index (κ1) is 15.8. The highest BCUT2D eigenvalue weighted by molar-refractivity contribution is 5.85. The Morgan fingerprint density at radius 1 is 1.32 bits per heavy atom. The van der Waals surface area contributed by atoms with Gasteiger partial charge in [-0.2, -0.15) is 0 Å². The van der Waals surface area contributed by atoms with Gasteiger partial charge in [-0.05, 0) is 32.1 Å². The Labute approximate surface area is 115 Å². The Hall–Kier alpha value is -1.26. The van der Waals surface area contributed by atoms with Gasteiger partial charge in [0.2, 0.25) is 0 Å². The molecule has 0 spiro atoms. The second-order valence-electron chi connectivity index (χ2n) is 5.66. The topological polar surface area (TPSA) is 69.6 Å².